The minimum Gasteiger partial charge on any atom is -0.324 e. The molecule has 0 radical (unpaired) electrons. The van der Waals surface area contributed by atoms with Crippen molar-refractivity contribution in [3.63, 3.8) is 0 Å². The fourth-order valence-corrected chi connectivity index (χ4v) is 2.19. The fraction of sp³-hybridized carbons (Fsp3) is 0.583. The molecule has 1 N–H and O–H groups in total. The highest BCUT2D eigenvalue weighted by Crippen LogP contribution is 2.27. The molecule has 1 saturated heterocycles. The maximum Gasteiger partial charge on any atom is 0.410 e. The van der Waals surface area contributed by atoms with Crippen LogP contribution in [0.15, 0.2) is 6.20 Å². The van der Waals surface area contributed by atoms with Gasteiger partial charge < -0.3 is 10.2 Å². The molecule has 1 aliphatic rings. The number of nitrogens with zero attached hydrogens (tertiary/aromatic N) is 3. The second-order valence-corrected chi connectivity index (χ2v) is 4.68. The number of piperazine rings is 1. The van der Waals surface area contributed by atoms with Crippen LogP contribution in [0.5, 0.6) is 0 Å². The van der Waals surface area contributed by atoms with Crippen molar-refractivity contribution in [3.8, 4) is 0 Å². The lowest BCUT2D eigenvalue weighted by Gasteiger charge is -2.37. The summed E-state index contributed by atoms with van der Waals surface area (Å²) in [4.78, 5) is 21.1. The summed E-state index contributed by atoms with van der Waals surface area (Å²) in [7, 11) is 0. The molecule has 1 atom stereocenters. The average molecular weight is 288 g/mol. The zero-order chi connectivity index (χ0) is 14.9. The quantitative estimate of drug-likeness (QED) is 0.840. The van der Waals surface area contributed by atoms with Crippen LogP contribution in [0, 0.1) is 13.8 Å². The van der Waals surface area contributed by atoms with Crippen molar-refractivity contribution in [1.82, 2.24) is 20.2 Å². The second kappa shape index (κ2) is 5.35. The van der Waals surface area contributed by atoms with Gasteiger partial charge in [0.2, 0.25) is 0 Å². The van der Waals surface area contributed by atoms with Gasteiger partial charge in [-0.1, -0.05) is 0 Å². The maximum atomic E-state index is 13.0. The first-order valence-corrected chi connectivity index (χ1v) is 6.19. The van der Waals surface area contributed by atoms with E-state index in [2.05, 4.69) is 15.3 Å². The van der Waals surface area contributed by atoms with Crippen molar-refractivity contribution in [1.29, 1.82) is 0 Å². The van der Waals surface area contributed by atoms with E-state index in [1.165, 1.54) is 6.20 Å². The third-order valence-electron chi connectivity index (χ3n) is 3.21. The zero-order valence-corrected chi connectivity index (χ0v) is 11.2. The second-order valence-electron chi connectivity index (χ2n) is 4.68. The summed E-state index contributed by atoms with van der Waals surface area (Å²) in [5.74, 6) is -0.196. The number of rotatable bonds is 1. The lowest BCUT2D eigenvalue weighted by atomic mass is 10.1. The van der Waals surface area contributed by atoms with E-state index >= 15 is 0 Å². The summed E-state index contributed by atoms with van der Waals surface area (Å²) in [6, 6.07) is -1.82. The van der Waals surface area contributed by atoms with Gasteiger partial charge in [0.25, 0.3) is 5.91 Å². The highest BCUT2D eigenvalue weighted by molar-refractivity contribution is 5.95. The van der Waals surface area contributed by atoms with Crippen molar-refractivity contribution in [2.45, 2.75) is 26.1 Å². The Morgan fingerprint density at radius 1 is 1.45 bits per heavy atom. The van der Waals surface area contributed by atoms with Gasteiger partial charge in [0.1, 0.15) is 11.9 Å². The fourth-order valence-electron chi connectivity index (χ4n) is 2.19. The molecule has 8 heteroatoms. The lowest BCUT2D eigenvalue weighted by molar-refractivity contribution is -0.179. The Kier molecular flexibility index (Phi) is 3.94. The van der Waals surface area contributed by atoms with Gasteiger partial charge in [-0.25, -0.2) is 9.97 Å². The molecule has 2 heterocycles. The van der Waals surface area contributed by atoms with E-state index in [0.29, 0.717) is 18.1 Å². The Balaban J connectivity index is 2.30. The van der Waals surface area contributed by atoms with Crippen LogP contribution in [-0.4, -0.2) is 52.6 Å². The van der Waals surface area contributed by atoms with Gasteiger partial charge in [-0.05, 0) is 13.8 Å². The van der Waals surface area contributed by atoms with Gasteiger partial charge in [-0.15, -0.1) is 0 Å². The number of aromatic nitrogens is 2. The molecule has 0 spiro atoms. The van der Waals surface area contributed by atoms with Gasteiger partial charge in [0, 0.05) is 25.8 Å². The van der Waals surface area contributed by atoms with Crippen LogP contribution >= 0.6 is 0 Å². The molecule has 0 saturated carbocycles. The number of hydrogen-bond donors (Lipinski definition) is 1. The predicted octanol–water partition coefficient (Wildman–Crippen LogP) is 1.07. The first-order valence-electron chi connectivity index (χ1n) is 6.19. The molecular formula is C12H15F3N4O. The Bertz CT molecular complexity index is 518. The van der Waals surface area contributed by atoms with Crippen LogP contribution in [-0.2, 0) is 0 Å². The average Bonchev–Trinajstić information content (AvgIpc) is 2.37. The maximum absolute atomic E-state index is 13.0. The first kappa shape index (κ1) is 14.7. The topological polar surface area (TPSA) is 58.1 Å². The van der Waals surface area contributed by atoms with Crippen LogP contribution < -0.4 is 5.32 Å². The molecule has 20 heavy (non-hydrogen) atoms. The number of nitrogens with one attached hydrogen (secondary N) is 1. The molecule has 0 aliphatic carbocycles. The Morgan fingerprint density at radius 3 is 2.75 bits per heavy atom. The molecular weight excluding hydrogens is 273 g/mol. The van der Waals surface area contributed by atoms with Gasteiger partial charge in [0.15, 0.2) is 0 Å². The van der Waals surface area contributed by atoms with Gasteiger partial charge in [0.05, 0.1) is 11.3 Å². The van der Waals surface area contributed by atoms with Crippen LogP contribution in [0.4, 0.5) is 13.2 Å². The van der Waals surface area contributed by atoms with E-state index in [1.54, 1.807) is 13.8 Å². The normalized spacial score (nSPS) is 20.1. The van der Waals surface area contributed by atoms with Crippen molar-refractivity contribution in [3.05, 3.63) is 23.3 Å². The predicted molar refractivity (Wildman–Crippen MR) is 65.3 cm³/mol. The summed E-state index contributed by atoms with van der Waals surface area (Å²) in [6.07, 6.45) is -3.17. The molecule has 1 aromatic rings. The summed E-state index contributed by atoms with van der Waals surface area (Å²) >= 11 is 0. The summed E-state index contributed by atoms with van der Waals surface area (Å²) in [5.41, 5.74) is 0.508. The van der Waals surface area contributed by atoms with Gasteiger partial charge >= 0.3 is 6.18 Å². The van der Waals surface area contributed by atoms with Crippen LogP contribution in [0.1, 0.15) is 21.9 Å². The van der Waals surface area contributed by atoms with Crippen molar-refractivity contribution in [2.75, 3.05) is 19.6 Å². The van der Waals surface area contributed by atoms with E-state index in [-0.39, 0.29) is 18.7 Å². The van der Waals surface area contributed by atoms with Gasteiger partial charge in [-0.3, -0.25) is 4.79 Å². The van der Waals surface area contributed by atoms with Crippen LogP contribution in [0.3, 0.4) is 0 Å². The standard InChI is InChI=1S/C12H15F3N4O/c1-7-9(5-17-8(2)18-7)11(20)19-4-3-16-6-10(19)12(13,14)15/h5,10,16H,3-4,6H2,1-2H3. The Morgan fingerprint density at radius 2 is 2.15 bits per heavy atom. The molecule has 2 rings (SSSR count). The molecule has 1 aliphatic heterocycles. The number of alkyl halides is 3. The summed E-state index contributed by atoms with van der Waals surface area (Å²) in [6.45, 7) is 3.30. The molecule has 1 amide bonds. The van der Waals surface area contributed by atoms with Crippen LogP contribution in [0.2, 0.25) is 0 Å². The SMILES string of the molecule is Cc1ncc(C(=O)N2CCNCC2C(F)(F)F)c(C)n1. The Hall–Kier alpha value is -1.70. The van der Waals surface area contributed by atoms with Crippen molar-refractivity contribution < 1.29 is 18.0 Å². The number of aryl methyl sites for hydroxylation is 2. The molecule has 0 aromatic carbocycles. The van der Waals surface area contributed by atoms with Crippen LogP contribution in [0.25, 0.3) is 0 Å². The van der Waals surface area contributed by atoms with Crippen molar-refractivity contribution >= 4 is 5.91 Å². The highest BCUT2D eigenvalue weighted by Gasteiger charge is 2.46. The number of hydrogen-bond acceptors (Lipinski definition) is 4. The number of amides is 1. The van der Waals surface area contributed by atoms with E-state index < -0.39 is 18.1 Å². The molecule has 110 valence electrons. The minimum absolute atomic E-state index is 0.0102. The van der Waals surface area contributed by atoms with E-state index in [9.17, 15) is 18.0 Å². The lowest BCUT2D eigenvalue weighted by Crippen LogP contribution is -2.59. The van der Waals surface area contributed by atoms with E-state index in [4.69, 9.17) is 0 Å². The minimum atomic E-state index is -4.46. The highest BCUT2D eigenvalue weighted by atomic mass is 19.4. The number of carbonyl (C=O) groups excluding carboxylic acids is 1. The third kappa shape index (κ3) is 2.90. The molecule has 0 bridgehead atoms. The smallest absolute Gasteiger partial charge is 0.324 e. The monoisotopic (exact) mass is 288 g/mol. The zero-order valence-electron chi connectivity index (χ0n) is 11.2. The van der Waals surface area contributed by atoms with E-state index in [1.807, 2.05) is 0 Å². The number of carbonyl (C=O) groups is 1. The Labute approximate surface area is 114 Å². The molecule has 5 nitrogen and oxygen atoms in total. The van der Waals surface area contributed by atoms with E-state index in [0.717, 1.165) is 4.90 Å². The van der Waals surface area contributed by atoms with Gasteiger partial charge in [-0.2, -0.15) is 13.2 Å². The summed E-state index contributed by atoms with van der Waals surface area (Å²) in [5, 5.41) is 2.66. The molecule has 1 fully saturated rings. The largest absolute Gasteiger partial charge is 0.410 e. The molecule has 1 unspecified atom stereocenters. The summed E-state index contributed by atoms with van der Waals surface area (Å²) < 4.78 is 38.9. The number of halogens is 3. The first-order chi connectivity index (χ1) is 9.30. The van der Waals surface area contributed by atoms with Crippen molar-refractivity contribution in [2.24, 2.45) is 0 Å². The third-order valence-corrected chi connectivity index (χ3v) is 3.21. The molecule has 1 aromatic heterocycles.